The first-order valence-electron chi connectivity index (χ1n) is 3.48. The van der Waals surface area contributed by atoms with Crippen LogP contribution in [0.3, 0.4) is 0 Å². The van der Waals surface area contributed by atoms with E-state index in [9.17, 15) is 0 Å². The Morgan fingerprint density at radius 1 is 1.33 bits per heavy atom. The molecule has 12 heavy (non-hydrogen) atoms. The zero-order valence-electron chi connectivity index (χ0n) is 6.41. The van der Waals surface area contributed by atoms with Gasteiger partial charge < -0.3 is 0 Å². The Morgan fingerprint density at radius 2 is 2.08 bits per heavy atom. The minimum atomic E-state index is 0.266. The molecule has 0 aromatic heterocycles. The zero-order chi connectivity index (χ0) is 8.81. The van der Waals surface area contributed by atoms with Gasteiger partial charge in [-0.05, 0) is 12.1 Å². The number of hydrogen-bond donors (Lipinski definition) is 1. The number of thiol groups is 1. The normalized spacial score (nSPS) is 8.00. The Hall–Kier alpha value is -1.38. The van der Waals surface area contributed by atoms with E-state index < -0.39 is 0 Å². The van der Waals surface area contributed by atoms with Crippen LogP contribution in [-0.2, 0) is 0 Å². The van der Waals surface area contributed by atoms with Gasteiger partial charge in [-0.2, -0.15) is 5.26 Å². The summed E-state index contributed by atoms with van der Waals surface area (Å²) in [5.74, 6) is 5.60. The van der Waals surface area contributed by atoms with Crippen LogP contribution in [0.4, 0.5) is 0 Å². The molecule has 0 aliphatic carbocycles. The van der Waals surface area contributed by atoms with Crippen molar-refractivity contribution < 1.29 is 0 Å². The van der Waals surface area contributed by atoms with E-state index in [1.54, 1.807) is 0 Å². The molecule has 0 aliphatic rings. The van der Waals surface area contributed by atoms with E-state index in [1.807, 2.05) is 30.3 Å². The summed E-state index contributed by atoms with van der Waals surface area (Å²) in [6.07, 6.45) is 0.266. The van der Waals surface area contributed by atoms with Crippen molar-refractivity contribution in [1.82, 2.24) is 0 Å². The molecule has 1 aromatic rings. The SMILES string of the molecule is N#CCC#Cc1ccccc1S. The largest absolute Gasteiger partial charge is 0.197 e. The fourth-order valence-corrected chi connectivity index (χ4v) is 0.975. The molecule has 1 aromatic carbocycles. The summed E-state index contributed by atoms with van der Waals surface area (Å²) >= 11 is 4.21. The third kappa shape index (κ3) is 2.34. The maximum atomic E-state index is 8.24. The van der Waals surface area contributed by atoms with Gasteiger partial charge in [0, 0.05) is 10.5 Å². The van der Waals surface area contributed by atoms with Crippen LogP contribution in [0.1, 0.15) is 12.0 Å². The molecule has 0 N–H and O–H groups in total. The predicted molar refractivity (Wildman–Crippen MR) is 50.8 cm³/mol. The number of benzene rings is 1. The van der Waals surface area contributed by atoms with Crippen LogP contribution >= 0.6 is 12.6 Å². The minimum Gasteiger partial charge on any atom is -0.197 e. The van der Waals surface area contributed by atoms with Gasteiger partial charge in [0.05, 0.1) is 12.5 Å². The molecule has 58 valence electrons. The van der Waals surface area contributed by atoms with Crippen LogP contribution in [0, 0.1) is 23.2 Å². The van der Waals surface area contributed by atoms with Gasteiger partial charge in [0.15, 0.2) is 0 Å². The molecule has 0 spiro atoms. The molecule has 1 nitrogen and oxygen atoms in total. The Bertz CT molecular complexity index is 365. The highest BCUT2D eigenvalue weighted by atomic mass is 32.1. The number of rotatable bonds is 0. The number of hydrogen-bond acceptors (Lipinski definition) is 2. The van der Waals surface area contributed by atoms with E-state index in [0.29, 0.717) is 0 Å². The molecule has 2 heteroatoms. The second-order valence-electron chi connectivity index (χ2n) is 2.15. The summed E-state index contributed by atoms with van der Waals surface area (Å²) in [5, 5.41) is 8.24. The van der Waals surface area contributed by atoms with E-state index in [1.165, 1.54) is 0 Å². The van der Waals surface area contributed by atoms with Crippen LogP contribution in [0.25, 0.3) is 0 Å². The fourth-order valence-electron chi connectivity index (χ4n) is 0.758. The van der Waals surface area contributed by atoms with Crippen molar-refractivity contribution in [3.05, 3.63) is 29.8 Å². The molecule has 0 bridgehead atoms. The molecule has 0 saturated heterocycles. The molecule has 0 saturated carbocycles. The Balaban J connectivity index is 2.86. The molecule has 0 heterocycles. The summed E-state index contributed by atoms with van der Waals surface area (Å²) in [6.45, 7) is 0. The third-order valence-corrected chi connectivity index (χ3v) is 1.68. The Labute approximate surface area is 77.4 Å². The highest BCUT2D eigenvalue weighted by Gasteiger charge is 1.90. The highest BCUT2D eigenvalue weighted by Crippen LogP contribution is 2.10. The van der Waals surface area contributed by atoms with E-state index >= 15 is 0 Å². The van der Waals surface area contributed by atoms with Gasteiger partial charge in [-0.15, -0.1) is 12.6 Å². The third-order valence-electron chi connectivity index (χ3n) is 1.29. The lowest BCUT2D eigenvalue weighted by Crippen LogP contribution is -1.75. The van der Waals surface area contributed by atoms with Crippen molar-refractivity contribution in [2.45, 2.75) is 11.3 Å². The first-order chi connectivity index (χ1) is 5.84. The molecular weight excluding hydrogens is 166 g/mol. The highest BCUT2D eigenvalue weighted by molar-refractivity contribution is 7.80. The summed E-state index contributed by atoms with van der Waals surface area (Å²) in [5.41, 5.74) is 0.871. The summed E-state index contributed by atoms with van der Waals surface area (Å²) in [7, 11) is 0. The molecular formula is C10H7NS. The monoisotopic (exact) mass is 173 g/mol. The van der Waals surface area contributed by atoms with Crippen LogP contribution in [0.15, 0.2) is 29.2 Å². The molecule has 1 rings (SSSR count). The van der Waals surface area contributed by atoms with Crippen molar-refractivity contribution in [2.75, 3.05) is 0 Å². The van der Waals surface area contributed by atoms with E-state index in [2.05, 4.69) is 24.5 Å². The van der Waals surface area contributed by atoms with E-state index in [0.717, 1.165) is 10.5 Å². The maximum Gasteiger partial charge on any atom is 0.0966 e. The number of nitriles is 1. The van der Waals surface area contributed by atoms with Gasteiger partial charge in [-0.3, -0.25) is 0 Å². The molecule has 0 atom stereocenters. The van der Waals surface area contributed by atoms with Gasteiger partial charge in [0.1, 0.15) is 0 Å². The topological polar surface area (TPSA) is 23.8 Å². The first kappa shape index (κ1) is 8.71. The smallest absolute Gasteiger partial charge is 0.0966 e. The zero-order valence-corrected chi connectivity index (χ0v) is 7.31. The molecule has 0 fully saturated rings. The van der Waals surface area contributed by atoms with Crippen LogP contribution in [0.5, 0.6) is 0 Å². The van der Waals surface area contributed by atoms with Gasteiger partial charge in [-0.1, -0.05) is 24.0 Å². The lowest BCUT2D eigenvalue weighted by Gasteiger charge is -1.92. The summed E-state index contributed by atoms with van der Waals surface area (Å²) in [6, 6.07) is 9.51. The first-order valence-corrected chi connectivity index (χ1v) is 3.93. The van der Waals surface area contributed by atoms with E-state index in [-0.39, 0.29) is 6.42 Å². The average molecular weight is 173 g/mol. The van der Waals surface area contributed by atoms with Gasteiger partial charge >= 0.3 is 0 Å². The Kier molecular flexibility index (Phi) is 3.26. The minimum absolute atomic E-state index is 0.266. The van der Waals surface area contributed by atoms with Crippen LogP contribution < -0.4 is 0 Å². The van der Waals surface area contributed by atoms with Crippen molar-refractivity contribution in [1.29, 1.82) is 5.26 Å². The van der Waals surface area contributed by atoms with Crippen LogP contribution in [-0.4, -0.2) is 0 Å². The molecule has 0 aliphatic heterocycles. The second-order valence-corrected chi connectivity index (χ2v) is 2.64. The van der Waals surface area contributed by atoms with Gasteiger partial charge in [-0.25, -0.2) is 0 Å². The maximum absolute atomic E-state index is 8.24. The number of nitrogens with zero attached hydrogens (tertiary/aromatic N) is 1. The quantitative estimate of drug-likeness (QED) is 0.472. The lowest BCUT2D eigenvalue weighted by atomic mass is 10.2. The summed E-state index contributed by atoms with van der Waals surface area (Å²) < 4.78 is 0. The standard InChI is InChI=1S/C10H7NS/c11-8-4-3-6-9-5-1-2-7-10(9)12/h1-2,5,7,12H,4H2. The fraction of sp³-hybridized carbons (Fsp3) is 0.100. The molecule has 0 amide bonds. The van der Waals surface area contributed by atoms with Crippen molar-refractivity contribution >= 4 is 12.6 Å². The molecule has 0 unspecified atom stereocenters. The predicted octanol–water partition coefficient (Wildman–Crippen LogP) is 2.24. The molecule has 0 radical (unpaired) electrons. The second kappa shape index (κ2) is 4.49. The summed E-state index contributed by atoms with van der Waals surface area (Å²) in [4.78, 5) is 0.850. The van der Waals surface area contributed by atoms with Crippen LogP contribution in [0.2, 0.25) is 0 Å². The van der Waals surface area contributed by atoms with E-state index in [4.69, 9.17) is 5.26 Å². The van der Waals surface area contributed by atoms with Gasteiger partial charge in [0.25, 0.3) is 0 Å². The Morgan fingerprint density at radius 3 is 2.75 bits per heavy atom. The lowest BCUT2D eigenvalue weighted by molar-refractivity contribution is 1.38. The van der Waals surface area contributed by atoms with Gasteiger partial charge in [0.2, 0.25) is 0 Å². The van der Waals surface area contributed by atoms with Crippen molar-refractivity contribution in [3.63, 3.8) is 0 Å². The van der Waals surface area contributed by atoms with Crippen molar-refractivity contribution in [2.24, 2.45) is 0 Å². The average Bonchev–Trinajstić information content (AvgIpc) is 2.09. The van der Waals surface area contributed by atoms with Crippen molar-refractivity contribution in [3.8, 4) is 17.9 Å².